The fraction of sp³-hybridized carbons (Fsp3) is 0.571. The van der Waals surface area contributed by atoms with Crippen LogP contribution in [-0.4, -0.2) is 33.0 Å². The third-order valence-corrected chi connectivity index (χ3v) is 3.78. The van der Waals surface area contributed by atoms with E-state index in [1.165, 1.54) is 6.20 Å². The standard InChI is InChI=1S/C14H19N3O3/c1-14(2)5-3-9(4-6-14)17-12(18)10-7-16-11(8-15-10)13(19)20/h7-9H,3-6H2,1-2H3,(H,17,18)(H,19,20). The summed E-state index contributed by atoms with van der Waals surface area (Å²) >= 11 is 0. The summed E-state index contributed by atoms with van der Waals surface area (Å²) in [6.07, 6.45) is 6.38. The predicted octanol–water partition coefficient (Wildman–Crippen LogP) is 1.87. The Hall–Kier alpha value is -1.98. The monoisotopic (exact) mass is 277 g/mol. The fourth-order valence-electron chi connectivity index (χ4n) is 2.36. The van der Waals surface area contributed by atoms with E-state index in [-0.39, 0.29) is 23.3 Å². The molecule has 1 fully saturated rings. The third kappa shape index (κ3) is 3.53. The molecular formula is C14H19N3O3. The third-order valence-electron chi connectivity index (χ3n) is 3.78. The van der Waals surface area contributed by atoms with Gasteiger partial charge in [0.15, 0.2) is 5.69 Å². The number of aromatic nitrogens is 2. The number of carboxylic acid groups (broad SMARTS) is 1. The van der Waals surface area contributed by atoms with Crippen molar-refractivity contribution in [2.45, 2.75) is 45.6 Å². The molecule has 0 atom stereocenters. The summed E-state index contributed by atoms with van der Waals surface area (Å²) in [7, 11) is 0. The van der Waals surface area contributed by atoms with E-state index in [0.29, 0.717) is 5.41 Å². The maximum Gasteiger partial charge on any atom is 0.356 e. The number of nitrogens with zero attached hydrogens (tertiary/aromatic N) is 2. The molecule has 0 aliphatic heterocycles. The van der Waals surface area contributed by atoms with Crippen LogP contribution < -0.4 is 5.32 Å². The van der Waals surface area contributed by atoms with Gasteiger partial charge in [-0.05, 0) is 31.1 Å². The van der Waals surface area contributed by atoms with E-state index in [2.05, 4.69) is 29.1 Å². The van der Waals surface area contributed by atoms with E-state index in [0.717, 1.165) is 31.9 Å². The smallest absolute Gasteiger partial charge is 0.356 e. The zero-order chi connectivity index (χ0) is 14.8. The molecule has 1 saturated carbocycles. The van der Waals surface area contributed by atoms with Crippen LogP contribution in [0.15, 0.2) is 12.4 Å². The first-order valence-corrected chi connectivity index (χ1v) is 6.74. The van der Waals surface area contributed by atoms with Gasteiger partial charge in [-0.15, -0.1) is 0 Å². The van der Waals surface area contributed by atoms with Crippen LogP contribution in [0.3, 0.4) is 0 Å². The molecule has 0 aromatic carbocycles. The minimum Gasteiger partial charge on any atom is -0.476 e. The van der Waals surface area contributed by atoms with E-state index >= 15 is 0 Å². The molecule has 1 aromatic rings. The Morgan fingerprint density at radius 2 is 1.75 bits per heavy atom. The predicted molar refractivity (Wildman–Crippen MR) is 72.5 cm³/mol. The highest BCUT2D eigenvalue weighted by molar-refractivity contribution is 5.92. The molecule has 0 saturated heterocycles. The Kier molecular flexibility index (Phi) is 4.01. The zero-order valence-corrected chi connectivity index (χ0v) is 11.7. The molecule has 1 aromatic heterocycles. The van der Waals surface area contributed by atoms with Gasteiger partial charge in [0.05, 0.1) is 12.4 Å². The average Bonchev–Trinajstić information content (AvgIpc) is 2.41. The lowest BCUT2D eigenvalue weighted by Gasteiger charge is -2.34. The summed E-state index contributed by atoms with van der Waals surface area (Å²) in [4.78, 5) is 30.2. The Morgan fingerprint density at radius 3 is 2.25 bits per heavy atom. The number of carbonyl (C=O) groups is 2. The maximum absolute atomic E-state index is 12.0. The maximum atomic E-state index is 12.0. The first kappa shape index (κ1) is 14.4. The van der Waals surface area contributed by atoms with E-state index < -0.39 is 5.97 Å². The lowest BCUT2D eigenvalue weighted by molar-refractivity contribution is 0.0688. The number of aromatic carboxylic acids is 1. The number of rotatable bonds is 3. The van der Waals surface area contributed by atoms with Crippen LogP contribution in [-0.2, 0) is 0 Å². The van der Waals surface area contributed by atoms with E-state index in [1.54, 1.807) is 0 Å². The van der Waals surface area contributed by atoms with Gasteiger partial charge in [0.2, 0.25) is 0 Å². The second-order valence-electron chi connectivity index (χ2n) is 6.00. The van der Waals surface area contributed by atoms with Crippen molar-refractivity contribution in [1.29, 1.82) is 0 Å². The van der Waals surface area contributed by atoms with Crippen molar-refractivity contribution < 1.29 is 14.7 Å². The molecule has 1 amide bonds. The lowest BCUT2D eigenvalue weighted by atomic mass is 9.75. The molecule has 6 heteroatoms. The van der Waals surface area contributed by atoms with Crippen LogP contribution in [0, 0.1) is 5.41 Å². The van der Waals surface area contributed by atoms with Gasteiger partial charge in [-0.25, -0.2) is 14.8 Å². The largest absolute Gasteiger partial charge is 0.476 e. The number of carboxylic acids is 1. The second-order valence-corrected chi connectivity index (χ2v) is 6.00. The summed E-state index contributed by atoms with van der Waals surface area (Å²) in [6, 6.07) is 0.163. The topological polar surface area (TPSA) is 92.2 Å². The van der Waals surface area contributed by atoms with Crippen molar-refractivity contribution >= 4 is 11.9 Å². The molecule has 0 bridgehead atoms. The fourth-order valence-corrected chi connectivity index (χ4v) is 2.36. The van der Waals surface area contributed by atoms with Gasteiger partial charge in [0.1, 0.15) is 5.69 Å². The first-order chi connectivity index (χ1) is 9.37. The highest BCUT2D eigenvalue weighted by atomic mass is 16.4. The van der Waals surface area contributed by atoms with Crippen molar-refractivity contribution in [3.63, 3.8) is 0 Å². The number of nitrogens with one attached hydrogen (secondary N) is 1. The SMILES string of the molecule is CC1(C)CCC(NC(=O)c2cnc(C(=O)O)cn2)CC1. The van der Waals surface area contributed by atoms with Gasteiger partial charge in [-0.1, -0.05) is 13.8 Å². The van der Waals surface area contributed by atoms with Gasteiger partial charge in [0, 0.05) is 6.04 Å². The summed E-state index contributed by atoms with van der Waals surface area (Å²) in [5.74, 6) is -1.45. The summed E-state index contributed by atoms with van der Waals surface area (Å²) in [5, 5.41) is 11.7. The van der Waals surface area contributed by atoms with Gasteiger partial charge < -0.3 is 10.4 Å². The van der Waals surface area contributed by atoms with E-state index in [9.17, 15) is 9.59 Å². The lowest BCUT2D eigenvalue weighted by Crippen LogP contribution is -2.39. The number of carbonyl (C=O) groups excluding carboxylic acids is 1. The number of amides is 1. The highest BCUT2D eigenvalue weighted by Crippen LogP contribution is 2.34. The normalized spacial score (nSPS) is 18.5. The minimum atomic E-state index is -1.15. The summed E-state index contributed by atoms with van der Waals surface area (Å²) < 4.78 is 0. The van der Waals surface area contributed by atoms with Gasteiger partial charge in [-0.2, -0.15) is 0 Å². The zero-order valence-electron chi connectivity index (χ0n) is 11.7. The summed E-state index contributed by atoms with van der Waals surface area (Å²) in [6.45, 7) is 4.47. The van der Waals surface area contributed by atoms with Gasteiger partial charge in [0.25, 0.3) is 5.91 Å². The number of hydrogen-bond donors (Lipinski definition) is 2. The van der Waals surface area contributed by atoms with Crippen molar-refractivity contribution in [2.24, 2.45) is 5.41 Å². The summed E-state index contributed by atoms with van der Waals surface area (Å²) in [5.41, 5.74) is 0.338. The average molecular weight is 277 g/mol. The Morgan fingerprint density at radius 1 is 1.20 bits per heavy atom. The molecule has 0 radical (unpaired) electrons. The molecule has 1 aliphatic rings. The second kappa shape index (κ2) is 5.56. The van der Waals surface area contributed by atoms with Crippen LogP contribution in [0.25, 0.3) is 0 Å². The van der Waals surface area contributed by atoms with Crippen molar-refractivity contribution in [3.8, 4) is 0 Å². The molecular weight excluding hydrogens is 258 g/mol. The van der Waals surface area contributed by atoms with E-state index in [4.69, 9.17) is 5.11 Å². The molecule has 0 unspecified atom stereocenters. The van der Waals surface area contributed by atoms with Crippen molar-refractivity contribution in [3.05, 3.63) is 23.8 Å². The quantitative estimate of drug-likeness (QED) is 0.880. The highest BCUT2D eigenvalue weighted by Gasteiger charge is 2.27. The molecule has 2 rings (SSSR count). The Balaban J connectivity index is 1.93. The molecule has 1 aliphatic carbocycles. The molecule has 20 heavy (non-hydrogen) atoms. The molecule has 1 heterocycles. The molecule has 2 N–H and O–H groups in total. The Bertz CT molecular complexity index is 501. The van der Waals surface area contributed by atoms with Crippen LogP contribution >= 0.6 is 0 Å². The van der Waals surface area contributed by atoms with Crippen LogP contribution in [0.4, 0.5) is 0 Å². The molecule has 6 nitrogen and oxygen atoms in total. The van der Waals surface area contributed by atoms with Crippen LogP contribution in [0.2, 0.25) is 0 Å². The first-order valence-electron chi connectivity index (χ1n) is 6.74. The number of hydrogen-bond acceptors (Lipinski definition) is 4. The van der Waals surface area contributed by atoms with Crippen LogP contribution in [0.5, 0.6) is 0 Å². The Labute approximate surface area is 117 Å². The minimum absolute atomic E-state index is 0.153. The van der Waals surface area contributed by atoms with Gasteiger partial charge >= 0.3 is 5.97 Å². The molecule has 0 spiro atoms. The van der Waals surface area contributed by atoms with Gasteiger partial charge in [-0.3, -0.25) is 4.79 Å². The molecule has 108 valence electrons. The van der Waals surface area contributed by atoms with Crippen LogP contribution in [0.1, 0.15) is 60.5 Å². The van der Waals surface area contributed by atoms with Crippen molar-refractivity contribution in [2.75, 3.05) is 0 Å². The van der Waals surface area contributed by atoms with Crippen molar-refractivity contribution in [1.82, 2.24) is 15.3 Å². The van der Waals surface area contributed by atoms with E-state index in [1.807, 2.05) is 0 Å².